The molecule has 1 aromatic carbocycles. The van der Waals surface area contributed by atoms with Crippen LogP contribution in [0, 0.1) is 0 Å². The summed E-state index contributed by atoms with van der Waals surface area (Å²) in [6, 6.07) is 10.2. The van der Waals surface area contributed by atoms with Gasteiger partial charge < -0.3 is 4.74 Å². The first-order chi connectivity index (χ1) is 8.39. The number of hydrogen-bond acceptors (Lipinski definition) is 4. The molecule has 1 rings (SSSR count). The van der Waals surface area contributed by atoms with Gasteiger partial charge in [0.05, 0.1) is 6.04 Å². The van der Waals surface area contributed by atoms with Crippen LogP contribution in [0.1, 0.15) is 33.3 Å². The van der Waals surface area contributed by atoms with Gasteiger partial charge in [-0.25, -0.2) is 0 Å². The summed E-state index contributed by atoms with van der Waals surface area (Å²) in [5.41, 5.74) is 0.325. The molecule has 0 aliphatic carbocycles. The fourth-order valence-corrected chi connectivity index (χ4v) is 1.61. The van der Waals surface area contributed by atoms with Crippen molar-refractivity contribution in [3.8, 4) is 0 Å². The van der Waals surface area contributed by atoms with Crippen molar-refractivity contribution in [2.75, 3.05) is 0 Å². The average molecular weight is 248 g/mol. The van der Waals surface area contributed by atoms with E-state index in [1.807, 2.05) is 25.1 Å². The Bertz CT molecular complexity index is 413. The molecular weight excluding hydrogens is 228 g/mol. The fourth-order valence-electron chi connectivity index (χ4n) is 1.61. The molecule has 0 saturated heterocycles. The Balaban J connectivity index is 2.54. The molecule has 0 bridgehead atoms. The van der Waals surface area contributed by atoms with Crippen molar-refractivity contribution in [2.24, 2.45) is 10.2 Å². The zero-order valence-electron chi connectivity index (χ0n) is 11.4. The van der Waals surface area contributed by atoms with E-state index in [1.54, 1.807) is 13.8 Å². The molecule has 0 N–H and O–H groups in total. The maximum Gasteiger partial charge on any atom is 0.304 e. The molecule has 0 aliphatic rings. The Morgan fingerprint density at radius 1 is 1.33 bits per heavy atom. The van der Waals surface area contributed by atoms with E-state index in [1.165, 1.54) is 12.5 Å². The number of benzene rings is 1. The molecular formula is C14H20N2O2. The van der Waals surface area contributed by atoms with E-state index in [0.717, 1.165) is 6.42 Å². The largest absolute Gasteiger partial charge is 0.436 e. The summed E-state index contributed by atoms with van der Waals surface area (Å²) in [4.78, 5) is 10.9. The van der Waals surface area contributed by atoms with Crippen LogP contribution in [0.4, 0.5) is 0 Å². The van der Waals surface area contributed by atoms with Crippen LogP contribution in [0.3, 0.4) is 0 Å². The highest BCUT2D eigenvalue weighted by molar-refractivity contribution is 5.66. The molecule has 0 unspecified atom stereocenters. The van der Waals surface area contributed by atoms with E-state index in [2.05, 4.69) is 22.4 Å². The van der Waals surface area contributed by atoms with Crippen molar-refractivity contribution >= 4 is 5.97 Å². The third-order valence-corrected chi connectivity index (χ3v) is 2.26. The maximum atomic E-state index is 10.9. The summed E-state index contributed by atoms with van der Waals surface area (Å²) in [5, 5.41) is 8.27. The van der Waals surface area contributed by atoms with Gasteiger partial charge in [-0.3, -0.25) is 4.79 Å². The molecule has 98 valence electrons. The van der Waals surface area contributed by atoms with Crippen LogP contribution >= 0.6 is 0 Å². The summed E-state index contributed by atoms with van der Waals surface area (Å²) >= 11 is 0. The Labute approximate surface area is 108 Å². The first kappa shape index (κ1) is 14.4. The van der Waals surface area contributed by atoms with Crippen LogP contribution < -0.4 is 0 Å². The number of azo groups is 1. The van der Waals surface area contributed by atoms with Crippen LogP contribution in [0.5, 0.6) is 0 Å². The first-order valence-corrected chi connectivity index (χ1v) is 6.04. The molecule has 4 nitrogen and oxygen atoms in total. The third-order valence-electron chi connectivity index (χ3n) is 2.26. The van der Waals surface area contributed by atoms with Crippen LogP contribution in [0.15, 0.2) is 40.6 Å². The van der Waals surface area contributed by atoms with Gasteiger partial charge in [0.15, 0.2) is 0 Å². The van der Waals surface area contributed by atoms with Gasteiger partial charge in [0, 0.05) is 6.92 Å². The van der Waals surface area contributed by atoms with Crippen LogP contribution in [-0.2, 0) is 16.0 Å². The van der Waals surface area contributed by atoms with Gasteiger partial charge in [0.25, 0.3) is 0 Å². The number of hydrogen-bond donors (Lipinski definition) is 0. The zero-order chi connectivity index (χ0) is 13.6. The Morgan fingerprint density at radius 3 is 2.50 bits per heavy atom. The van der Waals surface area contributed by atoms with Gasteiger partial charge in [0.2, 0.25) is 5.72 Å². The number of carbonyl (C=O) groups is 1. The van der Waals surface area contributed by atoms with Crippen LogP contribution in [0.2, 0.25) is 0 Å². The minimum Gasteiger partial charge on any atom is -0.436 e. The standard InChI is InChI=1S/C14H20N2O2/c1-11(10-13-8-6-5-7-9-13)15-16-14(3,4)18-12(2)17/h5-9,11H,10H2,1-4H3/t11-/m0/s1. The van der Waals surface area contributed by atoms with E-state index in [-0.39, 0.29) is 12.0 Å². The van der Waals surface area contributed by atoms with Gasteiger partial charge in [-0.15, -0.1) is 5.11 Å². The summed E-state index contributed by atoms with van der Waals surface area (Å²) in [5.74, 6) is -0.352. The second-order valence-corrected chi connectivity index (χ2v) is 4.79. The Hall–Kier alpha value is -1.71. The highest BCUT2D eigenvalue weighted by atomic mass is 16.6. The molecule has 1 aromatic rings. The maximum absolute atomic E-state index is 10.9. The van der Waals surface area contributed by atoms with Gasteiger partial charge in [0.1, 0.15) is 0 Å². The number of carbonyl (C=O) groups excluding carboxylic acids is 1. The fraction of sp³-hybridized carbons (Fsp3) is 0.500. The topological polar surface area (TPSA) is 51.0 Å². The number of rotatable bonds is 5. The van der Waals surface area contributed by atoms with E-state index in [0.29, 0.717) is 0 Å². The molecule has 0 saturated carbocycles. The monoisotopic (exact) mass is 248 g/mol. The smallest absolute Gasteiger partial charge is 0.304 e. The first-order valence-electron chi connectivity index (χ1n) is 6.04. The molecule has 0 radical (unpaired) electrons. The quantitative estimate of drug-likeness (QED) is 0.592. The molecule has 0 spiro atoms. The minimum atomic E-state index is -0.892. The van der Waals surface area contributed by atoms with Crippen LogP contribution in [0.25, 0.3) is 0 Å². The number of nitrogens with zero attached hydrogens (tertiary/aromatic N) is 2. The van der Waals surface area contributed by atoms with Crippen molar-refractivity contribution in [1.29, 1.82) is 0 Å². The van der Waals surface area contributed by atoms with Crippen molar-refractivity contribution < 1.29 is 9.53 Å². The van der Waals surface area contributed by atoms with Crippen molar-refractivity contribution in [2.45, 2.75) is 45.9 Å². The Kier molecular flexibility index (Phi) is 5.01. The molecule has 0 aromatic heterocycles. The van der Waals surface area contributed by atoms with E-state index >= 15 is 0 Å². The number of esters is 1. The molecule has 0 amide bonds. The summed E-state index contributed by atoms with van der Waals surface area (Å²) in [7, 11) is 0. The van der Waals surface area contributed by atoms with E-state index in [4.69, 9.17) is 4.74 Å². The van der Waals surface area contributed by atoms with Gasteiger partial charge >= 0.3 is 5.97 Å². The predicted molar refractivity (Wildman–Crippen MR) is 70.3 cm³/mol. The molecule has 4 heteroatoms. The number of ether oxygens (including phenoxy) is 1. The average Bonchev–Trinajstić information content (AvgIpc) is 2.26. The second kappa shape index (κ2) is 6.28. The van der Waals surface area contributed by atoms with Gasteiger partial charge in [-0.05, 0) is 32.8 Å². The molecule has 0 heterocycles. The van der Waals surface area contributed by atoms with Crippen LogP contribution in [-0.4, -0.2) is 17.7 Å². The van der Waals surface area contributed by atoms with Crippen molar-refractivity contribution in [3.05, 3.63) is 35.9 Å². The highest BCUT2D eigenvalue weighted by Gasteiger charge is 2.20. The molecule has 1 atom stereocenters. The van der Waals surface area contributed by atoms with Crippen molar-refractivity contribution in [1.82, 2.24) is 0 Å². The van der Waals surface area contributed by atoms with E-state index < -0.39 is 5.72 Å². The zero-order valence-corrected chi connectivity index (χ0v) is 11.4. The lowest BCUT2D eigenvalue weighted by Gasteiger charge is -2.18. The predicted octanol–water partition coefficient (Wildman–Crippen LogP) is 3.37. The molecule has 0 aliphatic heterocycles. The lowest BCUT2D eigenvalue weighted by Crippen LogP contribution is -2.24. The molecule has 18 heavy (non-hydrogen) atoms. The summed E-state index contributed by atoms with van der Waals surface area (Å²) in [6.07, 6.45) is 0.820. The summed E-state index contributed by atoms with van der Waals surface area (Å²) < 4.78 is 5.04. The van der Waals surface area contributed by atoms with Gasteiger partial charge in [-0.1, -0.05) is 30.3 Å². The normalized spacial score (nSPS) is 13.6. The van der Waals surface area contributed by atoms with E-state index in [9.17, 15) is 4.79 Å². The Morgan fingerprint density at radius 2 is 1.94 bits per heavy atom. The minimum absolute atomic E-state index is 0.0576. The molecule has 0 fully saturated rings. The summed E-state index contributed by atoms with van der Waals surface area (Å²) in [6.45, 7) is 6.78. The highest BCUT2D eigenvalue weighted by Crippen LogP contribution is 2.14. The van der Waals surface area contributed by atoms with Crippen molar-refractivity contribution in [3.63, 3.8) is 0 Å². The third kappa shape index (κ3) is 5.57. The van der Waals surface area contributed by atoms with Gasteiger partial charge in [-0.2, -0.15) is 5.11 Å². The SMILES string of the molecule is CC(=O)OC(C)(C)N=N[C@@H](C)Cc1ccccc1. The lowest BCUT2D eigenvalue weighted by molar-refractivity contribution is -0.153. The lowest BCUT2D eigenvalue weighted by atomic mass is 10.1. The second-order valence-electron chi connectivity index (χ2n) is 4.79.